The first-order valence-electron chi connectivity index (χ1n) is 11.5. The van der Waals surface area contributed by atoms with Gasteiger partial charge in [-0.2, -0.15) is 0 Å². The van der Waals surface area contributed by atoms with Crippen molar-refractivity contribution in [3.8, 4) is 11.3 Å². The number of hydrogen-bond acceptors (Lipinski definition) is 5. The molecule has 1 saturated heterocycles. The van der Waals surface area contributed by atoms with Crippen LogP contribution in [0.25, 0.3) is 11.3 Å². The fourth-order valence-electron chi connectivity index (χ4n) is 4.73. The Bertz CT molecular complexity index is 1260. The number of carbonyl (C=O) groups is 1. The van der Waals surface area contributed by atoms with Crippen LogP contribution in [0.4, 0.5) is 18.9 Å². The normalized spacial score (nSPS) is 24.1. The lowest BCUT2D eigenvalue weighted by Crippen LogP contribution is -2.49. The summed E-state index contributed by atoms with van der Waals surface area (Å²) < 4.78 is 50.3. The maximum atomic E-state index is 15.3. The van der Waals surface area contributed by atoms with Gasteiger partial charge in [0, 0.05) is 23.2 Å². The molecule has 36 heavy (non-hydrogen) atoms. The molecule has 6 nitrogen and oxygen atoms in total. The van der Waals surface area contributed by atoms with Crippen LogP contribution in [0.15, 0.2) is 48.8 Å². The smallest absolute Gasteiger partial charge is 0.274 e. The van der Waals surface area contributed by atoms with Crippen molar-refractivity contribution in [2.24, 2.45) is 11.8 Å². The lowest BCUT2D eigenvalue weighted by molar-refractivity contribution is -0.184. The topological polar surface area (TPSA) is 84.3 Å². The van der Waals surface area contributed by atoms with Crippen LogP contribution >= 0.6 is 9.24 Å². The molecule has 1 fully saturated rings. The van der Waals surface area contributed by atoms with Crippen molar-refractivity contribution in [1.82, 2.24) is 9.97 Å². The summed E-state index contributed by atoms with van der Waals surface area (Å²) in [5, 5.41) is 13.6. The van der Waals surface area contributed by atoms with Crippen LogP contribution in [0.3, 0.4) is 0 Å². The molecule has 6 atom stereocenters. The zero-order chi connectivity index (χ0) is 26.1. The molecular formula is C26H27F3N3O3P. The van der Waals surface area contributed by atoms with E-state index in [2.05, 4.69) is 24.5 Å². The van der Waals surface area contributed by atoms with Gasteiger partial charge in [-0.05, 0) is 42.4 Å². The molecule has 1 aromatic carbocycles. The fraction of sp³-hybridized carbons (Fsp3) is 0.346. The Kier molecular flexibility index (Phi) is 7.73. The van der Waals surface area contributed by atoms with E-state index < -0.39 is 47.9 Å². The molecule has 3 aromatic rings. The third kappa shape index (κ3) is 5.01. The standard InChI is InChI=1S/C26H27F3N3O3P/c1-12(2)20-13(3)35-25(22(29)24(20)33)14-9-10-30-11-18(14)32-26(34)17-8-7-16(28)23(31-17)21-15(27)5-4-6-19(21)36/h4-13,20,22,24-25,33H,36H2,1-3H3,(H,32,34). The van der Waals surface area contributed by atoms with Gasteiger partial charge >= 0.3 is 0 Å². The van der Waals surface area contributed by atoms with E-state index >= 15 is 4.39 Å². The molecule has 0 spiro atoms. The second-order valence-corrected chi connectivity index (χ2v) is 9.79. The Hall–Kier alpha value is -2.87. The van der Waals surface area contributed by atoms with E-state index in [-0.39, 0.29) is 28.6 Å². The number of rotatable bonds is 5. The molecule has 1 aliphatic heterocycles. The third-order valence-electron chi connectivity index (χ3n) is 6.45. The van der Waals surface area contributed by atoms with E-state index in [1.165, 1.54) is 36.7 Å². The highest BCUT2D eigenvalue weighted by Crippen LogP contribution is 2.41. The fourth-order valence-corrected chi connectivity index (χ4v) is 5.11. The van der Waals surface area contributed by atoms with Gasteiger partial charge in [-0.15, -0.1) is 9.24 Å². The van der Waals surface area contributed by atoms with Crippen molar-refractivity contribution in [3.05, 3.63) is 71.7 Å². The molecular weight excluding hydrogens is 490 g/mol. The van der Waals surface area contributed by atoms with E-state index in [0.29, 0.717) is 10.9 Å². The molecule has 4 rings (SSSR count). The lowest BCUT2D eigenvalue weighted by atomic mass is 9.79. The maximum Gasteiger partial charge on any atom is 0.274 e. The van der Waals surface area contributed by atoms with Gasteiger partial charge in [-0.25, -0.2) is 18.2 Å². The molecule has 0 bridgehead atoms. The molecule has 10 heteroatoms. The number of amides is 1. The number of carbonyl (C=O) groups excluding carboxylic acids is 1. The first-order chi connectivity index (χ1) is 17.1. The van der Waals surface area contributed by atoms with Crippen LogP contribution in [0.1, 0.15) is 42.9 Å². The maximum absolute atomic E-state index is 15.3. The lowest BCUT2D eigenvalue weighted by Gasteiger charge is -2.43. The molecule has 1 aliphatic rings. The van der Waals surface area contributed by atoms with Crippen LogP contribution in [-0.2, 0) is 4.74 Å². The van der Waals surface area contributed by atoms with Crippen molar-refractivity contribution >= 4 is 26.1 Å². The molecule has 3 heterocycles. The second kappa shape index (κ2) is 10.6. The van der Waals surface area contributed by atoms with E-state index in [1.807, 2.05) is 13.8 Å². The summed E-state index contributed by atoms with van der Waals surface area (Å²) in [6.45, 7) is 5.56. The molecule has 0 radical (unpaired) electrons. The van der Waals surface area contributed by atoms with Crippen LogP contribution in [0.2, 0.25) is 0 Å². The van der Waals surface area contributed by atoms with Crippen molar-refractivity contribution < 1.29 is 27.8 Å². The van der Waals surface area contributed by atoms with Crippen LogP contribution < -0.4 is 10.6 Å². The molecule has 2 aromatic heterocycles. The molecule has 2 N–H and O–H groups in total. The number of aromatic nitrogens is 2. The van der Waals surface area contributed by atoms with Crippen molar-refractivity contribution in [1.29, 1.82) is 0 Å². The van der Waals surface area contributed by atoms with Crippen LogP contribution in [0, 0.1) is 23.5 Å². The predicted octanol–water partition coefficient (Wildman–Crippen LogP) is 4.61. The summed E-state index contributed by atoms with van der Waals surface area (Å²) in [6, 6.07) is 7.94. The van der Waals surface area contributed by atoms with E-state index in [9.17, 15) is 18.7 Å². The number of pyridine rings is 2. The number of aliphatic hydroxyl groups is 1. The van der Waals surface area contributed by atoms with E-state index in [1.54, 1.807) is 13.0 Å². The first-order valence-corrected chi connectivity index (χ1v) is 12.1. The Morgan fingerprint density at radius 1 is 1.17 bits per heavy atom. The average Bonchev–Trinajstić information content (AvgIpc) is 2.82. The quantitative estimate of drug-likeness (QED) is 0.483. The van der Waals surface area contributed by atoms with Gasteiger partial charge < -0.3 is 15.2 Å². The van der Waals surface area contributed by atoms with Gasteiger partial charge in [-0.1, -0.05) is 26.0 Å². The largest absolute Gasteiger partial charge is 0.390 e. The number of anilines is 1. The minimum absolute atomic E-state index is 0.000970. The number of ether oxygens (including phenoxy) is 1. The highest BCUT2D eigenvalue weighted by molar-refractivity contribution is 7.28. The molecule has 190 valence electrons. The molecule has 1 amide bonds. The Morgan fingerprint density at radius 2 is 1.92 bits per heavy atom. The Labute approximate surface area is 209 Å². The van der Waals surface area contributed by atoms with Gasteiger partial charge in [-0.3, -0.25) is 9.78 Å². The number of nitrogens with zero attached hydrogens (tertiary/aromatic N) is 2. The minimum atomic E-state index is -1.73. The van der Waals surface area contributed by atoms with Gasteiger partial charge in [0.1, 0.15) is 29.1 Å². The van der Waals surface area contributed by atoms with Crippen molar-refractivity contribution in [2.45, 2.75) is 45.3 Å². The van der Waals surface area contributed by atoms with Crippen molar-refractivity contribution in [3.63, 3.8) is 0 Å². The Balaban J connectivity index is 1.64. The van der Waals surface area contributed by atoms with Crippen LogP contribution in [-0.4, -0.2) is 39.4 Å². The zero-order valence-corrected chi connectivity index (χ0v) is 21.1. The monoisotopic (exact) mass is 517 g/mol. The average molecular weight is 517 g/mol. The highest BCUT2D eigenvalue weighted by atomic mass is 31.0. The summed E-state index contributed by atoms with van der Waals surface area (Å²) >= 11 is 0. The SMILES string of the molecule is CC(C)C1C(C)OC(c2ccncc2NC(=O)c2ccc(F)c(-c3c(F)cccc3P)n2)C(F)C1O. The van der Waals surface area contributed by atoms with Crippen LogP contribution in [0.5, 0.6) is 0 Å². The summed E-state index contributed by atoms with van der Waals surface area (Å²) in [7, 11) is 2.32. The van der Waals surface area contributed by atoms with Gasteiger partial charge in [0.05, 0.1) is 24.1 Å². The zero-order valence-electron chi connectivity index (χ0n) is 20.0. The highest BCUT2D eigenvalue weighted by Gasteiger charge is 2.46. The summed E-state index contributed by atoms with van der Waals surface area (Å²) in [4.78, 5) is 21.1. The van der Waals surface area contributed by atoms with E-state index in [4.69, 9.17) is 4.74 Å². The number of aliphatic hydroxyl groups excluding tert-OH is 1. The number of alkyl halides is 1. The predicted molar refractivity (Wildman–Crippen MR) is 134 cm³/mol. The number of halogens is 3. The second-order valence-electron chi connectivity index (χ2n) is 9.17. The number of benzene rings is 1. The molecule has 0 saturated carbocycles. The van der Waals surface area contributed by atoms with Gasteiger partial charge in [0.15, 0.2) is 6.17 Å². The van der Waals surface area contributed by atoms with Gasteiger partial charge in [0.2, 0.25) is 0 Å². The minimum Gasteiger partial charge on any atom is -0.390 e. The van der Waals surface area contributed by atoms with Crippen molar-refractivity contribution in [2.75, 3.05) is 5.32 Å². The Morgan fingerprint density at radius 3 is 2.61 bits per heavy atom. The third-order valence-corrected chi connectivity index (χ3v) is 6.93. The summed E-state index contributed by atoms with van der Waals surface area (Å²) in [5.74, 6) is -2.59. The van der Waals surface area contributed by atoms with Gasteiger partial charge in [0.25, 0.3) is 5.91 Å². The molecule has 0 aliphatic carbocycles. The number of nitrogens with one attached hydrogen (secondary N) is 1. The van der Waals surface area contributed by atoms with E-state index in [0.717, 1.165) is 6.07 Å². The number of hydrogen-bond donors (Lipinski definition) is 2. The first kappa shape index (κ1) is 26.2. The summed E-state index contributed by atoms with van der Waals surface area (Å²) in [5.41, 5.74) is -0.113. The molecule has 6 unspecified atom stereocenters. The summed E-state index contributed by atoms with van der Waals surface area (Å²) in [6.07, 6.45) is -1.80.